The number of nitrogens with one attached hydrogen (secondary N) is 1. The number of nitro benzene ring substituents is 2. The minimum atomic E-state index is -5.04. The van der Waals surface area contributed by atoms with Gasteiger partial charge in [0.1, 0.15) is 5.69 Å². The third-order valence-corrected chi connectivity index (χ3v) is 7.24. The Kier molecular flexibility index (Phi) is 19.2. The number of nitro groups is 2. The van der Waals surface area contributed by atoms with Crippen molar-refractivity contribution >= 4 is 36.3 Å². The molecule has 6 N–H and O–H groups in total. The van der Waals surface area contributed by atoms with Crippen molar-refractivity contribution in [3.8, 4) is 11.4 Å². The lowest BCUT2D eigenvalue weighted by Gasteiger charge is -2.24. The first kappa shape index (κ1) is 46.2. The van der Waals surface area contributed by atoms with Crippen molar-refractivity contribution in [2.75, 3.05) is 36.6 Å². The lowest BCUT2D eigenvalue weighted by molar-refractivity contribution is -0.794. The summed E-state index contributed by atoms with van der Waals surface area (Å²) in [5.41, 5.74) is 2.71. The first-order valence-electron chi connectivity index (χ1n) is 14.4. The van der Waals surface area contributed by atoms with Crippen molar-refractivity contribution < 1.29 is 90.4 Å². The zero-order valence-electron chi connectivity index (χ0n) is 26.8. The molecule has 0 radical (unpaired) electrons. The zero-order valence-corrected chi connectivity index (χ0v) is 30.9. The summed E-state index contributed by atoms with van der Waals surface area (Å²) in [7, 11) is -4.10. The van der Waals surface area contributed by atoms with Gasteiger partial charge in [-0.2, -0.15) is 22.3 Å². The van der Waals surface area contributed by atoms with E-state index in [-0.39, 0.29) is 53.1 Å². The molecule has 0 unspecified atom stereocenters. The van der Waals surface area contributed by atoms with E-state index in [0.29, 0.717) is 12.8 Å². The Morgan fingerprint density at radius 3 is 1.82 bits per heavy atom. The van der Waals surface area contributed by atoms with Gasteiger partial charge in [0.05, 0.1) is 28.2 Å². The van der Waals surface area contributed by atoms with Gasteiger partial charge in [-0.25, -0.2) is 0 Å². The molecule has 50 heavy (non-hydrogen) atoms. The van der Waals surface area contributed by atoms with Crippen LogP contribution in [0.15, 0.2) is 54.9 Å². The number of nitrogen functional groups attached to an aromatic ring is 1. The maximum atomic E-state index is 13.0. The SMILES string of the molecule is CCCN(CCC)c1c([N+](=O)[O-])cc(C(F)(F)F)c(N)c1[N+](=O)[O-].O=C(O)CNCP(=O)(O)O.[Br-].[Br-].c1cc[n+]2c(c1)-c1cccc[n+]1CC2. The van der Waals surface area contributed by atoms with E-state index in [4.69, 9.17) is 20.6 Å². The van der Waals surface area contributed by atoms with Gasteiger partial charge in [-0.3, -0.25) is 34.9 Å². The largest absolute Gasteiger partial charge is 1.00 e. The summed E-state index contributed by atoms with van der Waals surface area (Å²) >= 11 is 0. The van der Waals surface area contributed by atoms with Crippen LogP contribution in [-0.4, -0.2) is 56.6 Å². The maximum Gasteiger partial charge on any atom is 0.418 e. The Bertz CT molecular complexity index is 1620. The molecule has 0 spiro atoms. The number of aromatic nitrogens is 2. The van der Waals surface area contributed by atoms with E-state index in [1.54, 1.807) is 13.8 Å². The first-order chi connectivity index (χ1) is 22.4. The molecule has 3 heterocycles. The van der Waals surface area contributed by atoms with Crippen LogP contribution in [0.4, 0.5) is 35.9 Å². The second-order valence-electron chi connectivity index (χ2n) is 10.3. The lowest BCUT2D eigenvalue weighted by Crippen LogP contribution is -3.00. The fourth-order valence-electron chi connectivity index (χ4n) is 4.74. The van der Waals surface area contributed by atoms with Crippen molar-refractivity contribution in [1.29, 1.82) is 0 Å². The van der Waals surface area contributed by atoms with Gasteiger partial charge in [-0.1, -0.05) is 13.8 Å². The number of nitrogens with zero attached hydrogens (tertiary/aromatic N) is 5. The summed E-state index contributed by atoms with van der Waals surface area (Å²) in [4.78, 5) is 47.9. The molecule has 22 heteroatoms. The van der Waals surface area contributed by atoms with Gasteiger partial charge in [0.15, 0.2) is 18.1 Å². The fraction of sp³-hybridized carbons (Fsp3) is 0.393. The van der Waals surface area contributed by atoms with Crippen LogP contribution in [0.25, 0.3) is 11.4 Å². The maximum absolute atomic E-state index is 13.0. The van der Waals surface area contributed by atoms with Gasteiger partial charge in [-0.15, -0.1) is 0 Å². The zero-order chi connectivity index (χ0) is 36.2. The number of aliphatic carboxylic acids is 1. The van der Waals surface area contributed by atoms with E-state index < -0.39 is 70.7 Å². The molecule has 0 saturated carbocycles. The predicted octanol–water partition coefficient (Wildman–Crippen LogP) is -2.52. The second-order valence-corrected chi connectivity index (χ2v) is 11.9. The molecule has 3 aromatic rings. The van der Waals surface area contributed by atoms with E-state index in [9.17, 15) is 42.8 Å². The first-order valence-corrected chi connectivity index (χ1v) is 16.2. The van der Waals surface area contributed by atoms with Crippen molar-refractivity contribution in [3.63, 3.8) is 0 Å². The van der Waals surface area contributed by atoms with Gasteiger partial charge < -0.3 is 59.5 Å². The smallest absolute Gasteiger partial charge is 0.418 e. The van der Waals surface area contributed by atoms with Crippen molar-refractivity contribution in [2.24, 2.45) is 0 Å². The molecule has 0 bridgehead atoms. The molecule has 1 aliphatic heterocycles. The van der Waals surface area contributed by atoms with Gasteiger partial charge >= 0.3 is 25.4 Å². The number of alkyl halides is 3. The monoisotopic (exact) mass is 861 g/mol. The Labute approximate surface area is 305 Å². The number of rotatable bonds is 11. The number of carboxylic acids is 1. The van der Waals surface area contributed by atoms with Crippen LogP contribution < -0.4 is 59.0 Å². The number of benzene rings is 1. The van der Waals surface area contributed by atoms with Crippen LogP contribution in [0.1, 0.15) is 32.3 Å². The summed E-state index contributed by atoms with van der Waals surface area (Å²) < 4.78 is 53.7. The minimum absolute atomic E-state index is 0. The number of fused-ring (bicyclic) bond motifs is 3. The number of aryl methyl sites for hydroxylation is 2. The molecule has 1 aromatic carbocycles. The summed E-state index contributed by atoms with van der Waals surface area (Å²) in [6.45, 7) is 5.60. The number of nitrogens with two attached hydrogens (primary N) is 1. The van der Waals surface area contributed by atoms with Crippen LogP contribution in [-0.2, 0) is 28.6 Å². The molecular weight excluding hydrogens is 826 g/mol. The van der Waals surface area contributed by atoms with E-state index >= 15 is 0 Å². The Hall–Kier alpha value is -3.75. The minimum Gasteiger partial charge on any atom is -1.00 e. The Morgan fingerprint density at radius 1 is 0.980 bits per heavy atom. The number of anilines is 2. The van der Waals surface area contributed by atoms with Crippen molar-refractivity contribution in [3.05, 3.63) is 80.7 Å². The molecular formula is C28H37Br2F3N7O9P. The van der Waals surface area contributed by atoms with Crippen LogP contribution >= 0.6 is 7.60 Å². The Balaban J connectivity index is 0.000000780. The third-order valence-electron chi connectivity index (χ3n) is 6.60. The van der Waals surface area contributed by atoms with Gasteiger partial charge in [0, 0.05) is 43.4 Å². The summed E-state index contributed by atoms with van der Waals surface area (Å²) in [6.07, 6.45) is -0.361. The van der Waals surface area contributed by atoms with E-state index in [1.165, 1.54) is 16.3 Å². The van der Waals surface area contributed by atoms with Crippen LogP contribution in [0, 0.1) is 20.2 Å². The molecule has 16 nitrogen and oxygen atoms in total. The van der Waals surface area contributed by atoms with Gasteiger partial charge in [0.2, 0.25) is 13.1 Å². The molecule has 1 aliphatic rings. The number of pyridine rings is 2. The van der Waals surface area contributed by atoms with Gasteiger partial charge in [0.25, 0.3) is 17.1 Å². The summed E-state index contributed by atoms with van der Waals surface area (Å²) in [5.74, 6) is -1.14. The van der Waals surface area contributed by atoms with Crippen molar-refractivity contribution in [2.45, 2.75) is 46.0 Å². The van der Waals surface area contributed by atoms with Crippen LogP contribution in [0.2, 0.25) is 0 Å². The van der Waals surface area contributed by atoms with E-state index in [2.05, 4.69) is 63.2 Å². The quantitative estimate of drug-likeness (QED) is 0.0443. The van der Waals surface area contributed by atoms with Crippen LogP contribution in [0.3, 0.4) is 0 Å². The Morgan fingerprint density at radius 2 is 1.46 bits per heavy atom. The summed E-state index contributed by atoms with van der Waals surface area (Å²) in [6, 6.07) is 13.0. The van der Waals surface area contributed by atoms with Crippen molar-refractivity contribution in [1.82, 2.24) is 5.32 Å². The number of hydrogen-bond acceptors (Lipinski definition) is 9. The molecule has 4 rings (SSSR count). The number of halogens is 5. The number of hydrogen-bond donors (Lipinski definition) is 5. The molecule has 278 valence electrons. The molecule has 0 amide bonds. The third kappa shape index (κ3) is 13.5. The fourth-order valence-corrected chi connectivity index (χ4v) is 5.14. The lowest BCUT2D eigenvalue weighted by atomic mass is 10.1. The molecule has 0 saturated heterocycles. The highest BCUT2D eigenvalue weighted by Crippen LogP contribution is 2.48. The van der Waals surface area contributed by atoms with Crippen LogP contribution in [0.5, 0.6) is 0 Å². The number of carbonyl (C=O) groups is 1. The average molecular weight is 863 g/mol. The predicted molar refractivity (Wildman–Crippen MR) is 167 cm³/mol. The highest BCUT2D eigenvalue weighted by Gasteiger charge is 2.42. The average Bonchev–Trinajstić information content (AvgIpc) is 2.99. The summed E-state index contributed by atoms with van der Waals surface area (Å²) in [5, 5.41) is 32.6. The normalized spacial score (nSPS) is 11.4. The van der Waals surface area contributed by atoms with Gasteiger partial charge in [-0.05, 0) is 25.0 Å². The number of carboxylic acid groups (broad SMARTS) is 1. The highest BCUT2D eigenvalue weighted by atomic mass is 79.9. The van der Waals surface area contributed by atoms with E-state index in [0.717, 1.165) is 13.1 Å². The second kappa shape index (κ2) is 20.8. The molecule has 0 fully saturated rings. The molecule has 0 atom stereocenters. The molecule has 2 aromatic heterocycles. The topological polar surface area (TPSA) is 230 Å². The highest BCUT2D eigenvalue weighted by molar-refractivity contribution is 7.51. The van der Waals surface area contributed by atoms with E-state index in [1.807, 2.05) is 0 Å². The standard InChI is InChI=1S/C13H17F3N4O4.C12H12N2.C3H8NO5P.2BrH/c1-3-5-18(6-4-2)11-9(19(21)22)7-8(13(14,15)16)10(17)12(11)20(23)24;1-3-7-13-9-10-14-8-4-2-6-12(14)11(13)5-1;5-3(6)1-4-2-10(7,8)9;;/h7H,3-6,17H2,1-2H3;1-8H,9-10H2;4H,1-2H2,(H,5,6)(H2,7,8,9);2*1H/q;+2;;;/p-2. The molecule has 0 aliphatic carbocycles.